The van der Waals surface area contributed by atoms with Gasteiger partial charge >= 0.3 is 11.9 Å². The van der Waals surface area contributed by atoms with E-state index in [-0.39, 0.29) is 27.1 Å². The predicted molar refractivity (Wildman–Crippen MR) is 80.2 cm³/mol. The van der Waals surface area contributed by atoms with Crippen molar-refractivity contribution in [2.75, 3.05) is 32.7 Å². The molecule has 1 heterocycles. The summed E-state index contributed by atoms with van der Waals surface area (Å²) in [5.74, 6) is -2.31. The number of aliphatic hydroxyl groups excluding tert-OH is 4. The van der Waals surface area contributed by atoms with Gasteiger partial charge in [-0.15, -0.1) is 0 Å². The second-order valence-corrected chi connectivity index (χ2v) is 5.24. The second kappa shape index (κ2) is 10.5. The predicted octanol–water partition coefficient (Wildman–Crippen LogP) is -3.52. The molecule has 0 saturated carbocycles. The lowest BCUT2D eigenvalue weighted by atomic mass is 9.99. The average molecular weight is 354 g/mol. The number of nitrogens with one attached hydrogen (secondary N) is 1. The topological polar surface area (TPSA) is 180 Å². The van der Waals surface area contributed by atoms with Gasteiger partial charge in [0.1, 0.15) is 24.4 Å². The number of hydrogen-bond acceptors (Lipinski definition) is 9. The Balaban J connectivity index is 0.00000529. The summed E-state index contributed by atoms with van der Waals surface area (Å²) >= 11 is 0. The number of carboxylic acids is 2. The zero-order chi connectivity index (χ0) is 17.6. The van der Waals surface area contributed by atoms with Crippen LogP contribution in [0.5, 0.6) is 0 Å². The Hall–Kier alpha value is -1.34. The SMILES string of the molecule is C.O=C(O)CN(CCNCC1OC(O)C(O)[C@@H](O)[C@@H]1O)CC(=O)O. The van der Waals surface area contributed by atoms with E-state index in [0.29, 0.717) is 0 Å². The molecule has 1 fully saturated rings. The van der Waals surface area contributed by atoms with E-state index in [1.165, 1.54) is 4.90 Å². The van der Waals surface area contributed by atoms with E-state index in [9.17, 15) is 30.0 Å². The van der Waals surface area contributed by atoms with Crippen LogP contribution < -0.4 is 5.32 Å². The third-order valence-electron chi connectivity index (χ3n) is 3.36. The summed E-state index contributed by atoms with van der Waals surface area (Å²) in [4.78, 5) is 22.5. The highest BCUT2D eigenvalue weighted by Crippen LogP contribution is 2.19. The van der Waals surface area contributed by atoms with Crippen molar-refractivity contribution in [2.24, 2.45) is 0 Å². The quantitative estimate of drug-likeness (QED) is 0.204. The van der Waals surface area contributed by atoms with E-state index in [1.807, 2.05) is 0 Å². The molecule has 0 aromatic rings. The minimum atomic E-state index is -1.63. The van der Waals surface area contributed by atoms with Gasteiger partial charge in [0.25, 0.3) is 0 Å². The summed E-state index contributed by atoms with van der Waals surface area (Å²) in [6.45, 7) is -0.534. The van der Waals surface area contributed by atoms with Crippen LogP contribution in [-0.4, -0.2) is 111 Å². The monoisotopic (exact) mass is 354 g/mol. The zero-order valence-corrected chi connectivity index (χ0v) is 12.3. The highest BCUT2D eigenvalue weighted by molar-refractivity contribution is 5.72. The van der Waals surface area contributed by atoms with E-state index in [2.05, 4.69) is 5.32 Å². The number of carboxylic acid groups (broad SMARTS) is 2. The van der Waals surface area contributed by atoms with E-state index in [4.69, 9.17) is 14.9 Å². The normalized spacial score (nSPS) is 30.0. The van der Waals surface area contributed by atoms with Gasteiger partial charge in [0.15, 0.2) is 6.29 Å². The summed E-state index contributed by atoms with van der Waals surface area (Å²) in [6.07, 6.45) is -7.18. The van der Waals surface area contributed by atoms with Crippen LogP contribution in [0.1, 0.15) is 7.43 Å². The van der Waals surface area contributed by atoms with Crippen LogP contribution in [0.15, 0.2) is 0 Å². The maximum absolute atomic E-state index is 10.6. The lowest BCUT2D eigenvalue weighted by Gasteiger charge is -2.38. The van der Waals surface area contributed by atoms with Crippen LogP contribution in [0.25, 0.3) is 0 Å². The molecule has 1 aliphatic rings. The largest absolute Gasteiger partial charge is 0.480 e. The number of hydrogen-bond donors (Lipinski definition) is 7. The van der Waals surface area contributed by atoms with E-state index < -0.39 is 55.7 Å². The first-order valence-corrected chi connectivity index (χ1v) is 6.96. The molecule has 0 spiro atoms. The van der Waals surface area contributed by atoms with Gasteiger partial charge in [0.2, 0.25) is 0 Å². The van der Waals surface area contributed by atoms with E-state index in [0.717, 1.165) is 0 Å². The molecule has 1 saturated heterocycles. The third-order valence-corrected chi connectivity index (χ3v) is 3.36. The van der Waals surface area contributed by atoms with Crippen molar-refractivity contribution in [3.05, 3.63) is 0 Å². The number of aliphatic hydroxyl groups is 4. The van der Waals surface area contributed by atoms with Crippen LogP contribution in [-0.2, 0) is 14.3 Å². The molecule has 0 bridgehead atoms. The Bertz CT molecular complexity index is 393. The highest BCUT2D eigenvalue weighted by Gasteiger charge is 2.42. The molecule has 7 N–H and O–H groups in total. The molecular weight excluding hydrogens is 328 g/mol. The van der Waals surface area contributed by atoms with E-state index in [1.54, 1.807) is 0 Å². The van der Waals surface area contributed by atoms with Crippen molar-refractivity contribution in [1.29, 1.82) is 0 Å². The van der Waals surface area contributed by atoms with Gasteiger partial charge in [-0.2, -0.15) is 0 Å². The number of nitrogens with zero attached hydrogens (tertiary/aromatic N) is 1. The molecule has 11 heteroatoms. The van der Waals surface area contributed by atoms with Crippen LogP contribution >= 0.6 is 0 Å². The van der Waals surface area contributed by atoms with Crippen LogP contribution in [0.3, 0.4) is 0 Å². The lowest BCUT2D eigenvalue weighted by Crippen LogP contribution is -2.59. The summed E-state index contributed by atoms with van der Waals surface area (Å²) in [5.41, 5.74) is 0. The molecule has 3 unspecified atom stereocenters. The summed E-state index contributed by atoms with van der Waals surface area (Å²) < 4.78 is 4.95. The fourth-order valence-corrected chi connectivity index (χ4v) is 2.18. The summed E-state index contributed by atoms with van der Waals surface area (Å²) in [7, 11) is 0. The molecule has 1 rings (SSSR count). The minimum absolute atomic E-state index is 0. The van der Waals surface area contributed by atoms with Gasteiger partial charge in [-0.05, 0) is 0 Å². The standard InChI is InChI=1S/C12H22N2O9.CH4/c15-7(16)4-14(5-8(17)18)2-1-13-3-6-9(19)10(20)11(21)12(22)23-6;/h6,9-13,19-22H,1-5H2,(H,15,16)(H,17,18);1H4/t6?,9-,10+,11?,12?;/m1./s1. The second-order valence-electron chi connectivity index (χ2n) is 5.24. The number of ether oxygens (including phenoxy) is 1. The summed E-state index contributed by atoms with van der Waals surface area (Å²) in [5, 5.41) is 58.1. The fourth-order valence-electron chi connectivity index (χ4n) is 2.18. The smallest absolute Gasteiger partial charge is 0.317 e. The molecule has 24 heavy (non-hydrogen) atoms. The minimum Gasteiger partial charge on any atom is -0.480 e. The van der Waals surface area contributed by atoms with Crippen LogP contribution in [0, 0.1) is 0 Å². The average Bonchev–Trinajstić information content (AvgIpc) is 2.45. The molecule has 0 amide bonds. The van der Waals surface area contributed by atoms with Gasteiger partial charge < -0.3 is 40.7 Å². The Morgan fingerprint density at radius 1 is 0.958 bits per heavy atom. The molecule has 0 aromatic carbocycles. The Morgan fingerprint density at radius 3 is 2.00 bits per heavy atom. The van der Waals surface area contributed by atoms with Crippen LogP contribution in [0.4, 0.5) is 0 Å². The lowest BCUT2D eigenvalue weighted by molar-refractivity contribution is -0.280. The highest BCUT2D eigenvalue weighted by atomic mass is 16.6. The van der Waals surface area contributed by atoms with Gasteiger partial charge in [0.05, 0.1) is 13.1 Å². The van der Waals surface area contributed by atoms with Crippen molar-refractivity contribution in [3.8, 4) is 0 Å². The van der Waals surface area contributed by atoms with Crippen molar-refractivity contribution in [3.63, 3.8) is 0 Å². The Morgan fingerprint density at radius 2 is 1.50 bits per heavy atom. The maximum atomic E-state index is 10.6. The van der Waals surface area contributed by atoms with Gasteiger partial charge in [-0.3, -0.25) is 14.5 Å². The van der Waals surface area contributed by atoms with Gasteiger partial charge in [-0.25, -0.2) is 0 Å². The van der Waals surface area contributed by atoms with Crippen molar-refractivity contribution in [1.82, 2.24) is 10.2 Å². The van der Waals surface area contributed by atoms with Crippen molar-refractivity contribution in [2.45, 2.75) is 38.1 Å². The third kappa shape index (κ3) is 7.05. The van der Waals surface area contributed by atoms with Gasteiger partial charge in [-0.1, -0.05) is 7.43 Å². The zero-order valence-electron chi connectivity index (χ0n) is 12.3. The molecule has 5 atom stereocenters. The van der Waals surface area contributed by atoms with Crippen molar-refractivity contribution < 1.29 is 45.0 Å². The van der Waals surface area contributed by atoms with Crippen molar-refractivity contribution >= 4 is 11.9 Å². The molecule has 0 radical (unpaired) electrons. The van der Waals surface area contributed by atoms with E-state index >= 15 is 0 Å². The first-order chi connectivity index (χ1) is 10.7. The number of aliphatic carboxylic acids is 2. The van der Waals surface area contributed by atoms with Gasteiger partial charge in [0, 0.05) is 19.6 Å². The molecule has 0 aliphatic carbocycles. The molecule has 11 nitrogen and oxygen atoms in total. The summed E-state index contributed by atoms with van der Waals surface area (Å²) in [6, 6.07) is 0. The van der Waals surface area contributed by atoms with Crippen LogP contribution in [0.2, 0.25) is 0 Å². The molecule has 0 aromatic heterocycles. The fraction of sp³-hybridized carbons (Fsp3) is 0.846. The first kappa shape index (κ1) is 22.7. The number of rotatable bonds is 9. The first-order valence-electron chi connectivity index (χ1n) is 6.96. The molecular formula is C13H26N2O9. The Labute approximate surface area is 139 Å². The maximum Gasteiger partial charge on any atom is 0.317 e. The Kier molecular flexibility index (Phi) is 9.92. The molecule has 1 aliphatic heterocycles. The number of carbonyl (C=O) groups is 2. The molecule has 142 valence electrons.